The first-order valence-corrected chi connectivity index (χ1v) is 6.77. The van der Waals surface area contributed by atoms with Crippen LogP contribution in [0.1, 0.15) is 20.3 Å². The monoisotopic (exact) mass is 288 g/mol. The van der Waals surface area contributed by atoms with Crippen molar-refractivity contribution in [2.75, 3.05) is 33.9 Å². The lowest BCUT2D eigenvalue weighted by Gasteiger charge is -2.31. The Balaban J connectivity index is 2.77. The fraction of sp³-hybridized carbons (Fsp3) is 0.846. The van der Waals surface area contributed by atoms with Gasteiger partial charge in [0, 0.05) is 20.3 Å². The first kappa shape index (κ1) is 16.7. The predicted molar refractivity (Wildman–Crippen MR) is 72.7 cm³/mol. The van der Waals surface area contributed by atoms with Gasteiger partial charge in [-0.1, -0.05) is 6.92 Å². The summed E-state index contributed by atoms with van der Waals surface area (Å²) in [4.78, 5) is 26.4. The molecule has 1 heterocycles. The smallest absolute Gasteiger partial charge is 0.323 e. The summed E-state index contributed by atoms with van der Waals surface area (Å²) in [7, 11) is 3.16. The largest absolute Gasteiger partial charge is 0.480 e. The lowest BCUT2D eigenvalue weighted by Crippen LogP contribution is -2.48. The van der Waals surface area contributed by atoms with E-state index in [1.807, 2.05) is 13.8 Å². The summed E-state index contributed by atoms with van der Waals surface area (Å²) in [6.45, 7) is 4.31. The molecule has 1 aliphatic rings. The summed E-state index contributed by atoms with van der Waals surface area (Å²) in [5.41, 5.74) is 0. The van der Waals surface area contributed by atoms with Crippen LogP contribution in [0.5, 0.6) is 0 Å². The SMILES string of the molecule is CCC(C)N(CC(=O)O)C(=O)N1CC(OC)C(OC)C1. The van der Waals surface area contributed by atoms with Crippen LogP contribution in [-0.2, 0) is 14.3 Å². The Morgan fingerprint density at radius 3 is 2.15 bits per heavy atom. The lowest BCUT2D eigenvalue weighted by atomic mass is 10.2. The number of methoxy groups -OCH3 is 2. The minimum atomic E-state index is -1.01. The van der Waals surface area contributed by atoms with Gasteiger partial charge in [0.1, 0.15) is 18.8 Å². The molecular formula is C13H24N2O5. The highest BCUT2D eigenvalue weighted by Gasteiger charge is 2.38. The number of rotatable bonds is 6. The van der Waals surface area contributed by atoms with Crippen molar-refractivity contribution < 1.29 is 24.2 Å². The van der Waals surface area contributed by atoms with Gasteiger partial charge in [0.2, 0.25) is 0 Å². The van der Waals surface area contributed by atoms with E-state index in [4.69, 9.17) is 14.6 Å². The maximum atomic E-state index is 12.5. The highest BCUT2D eigenvalue weighted by atomic mass is 16.5. The molecule has 0 saturated carbocycles. The molecule has 3 atom stereocenters. The van der Waals surface area contributed by atoms with Crippen molar-refractivity contribution in [1.82, 2.24) is 9.80 Å². The normalized spacial score (nSPS) is 23.7. The van der Waals surface area contributed by atoms with Crippen LogP contribution >= 0.6 is 0 Å². The van der Waals surface area contributed by atoms with Crippen LogP contribution in [-0.4, -0.2) is 79.0 Å². The number of carboxylic acid groups (broad SMARTS) is 1. The number of carbonyl (C=O) groups is 2. The van der Waals surface area contributed by atoms with Crippen LogP contribution in [0.25, 0.3) is 0 Å². The Morgan fingerprint density at radius 2 is 1.80 bits per heavy atom. The molecule has 3 unspecified atom stereocenters. The number of urea groups is 1. The average molecular weight is 288 g/mol. The van der Waals surface area contributed by atoms with Gasteiger partial charge in [0.25, 0.3) is 0 Å². The van der Waals surface area contributed by atoms with Crippen molar-refractivity contribution in [1.29, 1.82) is 0 Å². The second kappa shape index (κ2) is 7.44. The molecule has 20 heavy (non-hydrogen) atoms. The van der Waals surface area contributed by atoms with Gasteiger partial charge in [-0.2, -0.15) is 0 Å². The maximum absolute atomic E-state index is 12.5. The standard InChI is InChI=1S/C13H24N2O5/c1-5-9(2)15(8-12(16)17)13(18)14-6-10(19-3)11(7-14)20-4/h9-11H,5-8H2,1-4H3,(H,16,17). The van der Waals surface area contributed by atoms with Crippen LogP contribution in [0.2, 0.25) is 0 Å². The first-order valence-electron chi connectivity index (χ1n) is 6.77. The summed E-state index contributed by atoms with van der Waals surface area (Å²) >= 11 is 0. The second-order valence-corrected chi connectivity index (χ2v) is 5.01. The molecule has 0 aliphatic carbocycles. The van der Waals surface area contributed by atoms with Crippen molar-refractivity contribution in [2.24, 2.45) is 0 Å². The number of aliphatic carboxylic acids is 1. The molecule has 7 heteroatoms. The van der Waals surface area contributed by atoms with Gasteiger partial charge < -0.3 is 24.4 Å². The fourth-order valence-corrected chi connectivity index (χ4v) is 2.31. The summed E-state index contributed by atoms with van der Waals surface area (Å²) in [6, 6.07) is -0.399. The Bertz CT molecular complexity index is 338. The summed E-state index contributed by atoms with van der Waals surface area (Å²) in [5, 5.41) is 8.95. The van der Waals surface area contributed by atoms with E-state index in [0.717, 1.165) is 0 Å². The van der Waals surface area contributed by atoms with Gasteiger partial charge in [-0.15, -0.1) is 0 Å². The minimum absolute atomic E-state index is 0.124. The number of nitrogens with zero attached hydrogens (tertiary/aromatic N) is 2. The van der Waals surface area contributed by atoms with E-state index in [0.29, 0.717) is 19.5 Å². The van der Waals surface area contributed by atoms with Gasteiger partial charge in [0.05, 0.1) is 13.1 Å². The Labute approximate surface area is 119 Å². The van der Waals surface area contributed by atoms with Crippen LogP contribution in [0, 0.1) is 0 Å². The highest BCUT2D eigenvalue weighted by molar-refractivity contribution is 5.80. The molecule has 1 aliphatic heterocycles. The molecule has 0 bridgehead atoms. The van der Waals surface area contributed by atoms with E-state index in [9.17, 15) is 9.59 Å². The topological polar surface area (TPSA) is 79.3 Å². The molecule has 0 radical (unpaired) electrons. The molecular weight excluding hydrogens is 264 g/mol. The lowest BCUT2D eigenvalue weighted by molar-refractivity contribution is -0.138. The number of ether oxygens (including phenoxy) is 2. The first-order chi connectivity index (χ1) is 9.44. The van der Waals surface area contributed by atoms with E-state index >= 15 is 0 Å². The summed E-state index contributed by atoms with van der Waals surface area (Å²) in [6.07, 6.45) is 0.356. The molecule has 2 amide bonds. The zero-order valence-corrected chi connectivity index (χ0v) is 12.5. The molecule has 1 fully saturated rings. The fourth-order valence-electron chi connectivity index (χ4n) is 2.31. The van der Waals surface area contributed by atoms with Gasteiger partial charge in [-0.25, -0.2) is 4.79 Å². The molecule has 0 aromatic heterocycles. The van der Waals surface area contributed by atoms with Gasteiger partial charge in [0.15, 0.2) is 0 Å². The third-order valence-corrected chi connectivity index (χ3v) is 3.77. The molecule has 7 nitrogen and oxygen atoms in total. The molecule has 1 saturated heterocycles. The molecule has 1 N–H and O–H groups in total. The van der Waals surface area contributed by atoms with Crippen LogP contribution in [0.3, 0.4) is 0 Å². The third kappa shape index (κ3) is 3.83. The Kier molecular flexibility index (Phi) is 6.22. The number of carboxylic acids is 1. The van der Waals surface area contributed by atoms with Crippen LogP contribution in [0.15, 0.2) is 0 Å². The third-order valence-electron chi connectivity index (χ3n) is 3.77. The highest BCUT2D eigenvalue weighted by Crippen LogP contribution is 2.18. The van der Waals surface area contributed by atoms with Crippen LogP contribution in [0.4, 0.5) is 4.79 Å². The Hall–Kier alpha value is -1.34. The van der Waals surface area contributed by atoms with Crippen molar-refractivity contribution in [3.8, 4) is 0 Å². The zero-order valence-electron chi connectivity index (χ0n) is 12.5. The average Bonchev–Trinajstić information content (AvgIpc) is 2.86. The van der Waals surface area contributed by atoms with Crippen molar-refractivity contribution in [3.63, 3.8) is 0 Å². The number of hydrogen-bond acceptors (Lipinski definition) is 4. The molecule has 0 spiro atoms. The van der Waals surface area contributed by atoms with E-state index in [-0.39, 0.29) is 30.8 Å². The molecule has 116 valence electrons. The molecule has 0 aromatic carbocycles. The molecule has 0 aromatic rings. The van der Waals surface area contributed by atoms with Crippen molar-refractivity contribution in [3.05, 3.63) is 0 Å². The minimum Gasteiger partial charge on any atom is -0.480 e. The van der Waals surface area contributed by atoms with Crippen molar-refractivity contribution in [2.45, 2.75) is 38.5 Å². The van der Waals surface area contributed by atoms with Gasteiger partial charge in [-0.05, 0) is 13.3 Å². The quantitative estimate of drug-likeness (QED) is 0.776. The number of carbonyl (C=O) groups excluding carboxylic acids is 1. The number of amides is 2. The van der Waals surface area contributed by atoms with Gasteiger partial charge >= 0.3 is 12.0 Å². The molecule has 1 rings (SSSR count). The van der Waals surface area contributed by atoms with E-state index in [1.165, 1.54) is 4.90 Å². The van der Waals surface area contributed by atoms with E-state index in [1.54, 1.807) is 19.1 Å². The van der Waals surface area contributed by atoms with Crippen molar-refractivity contribution >= 4 is 12.0 Å². The van der Waals surface area contributed by atoms with Crippen LogP contribution < -0.4 is 0 Å². The number of hydrogen-bond donors (Lipinski definition) is 1. The predicted octanol–water partition coefficient (Wildman–Crippen LogP) is 0.637. The van der Waals surface area contributed by atoms with E-state index in [2.05, 4.69) is 0 Å². The zero-order chi connectivity index (χ0) is 15.3. The van der Waals surface area contributed by atoms with Gasteiger partial charge in [-0.3, -0.25) is 4.79 Å². The summed E-state index contributed by atoms with van der Waals surface area (Å²) in [5.74, 6) is -1.01. The second-order valence-electron chi connectivity index (χ2n) is 5.01. The summed E-state index contributed by atoms with van der Waals surface area (Å²) < 4.78 is 10.6. The van der Waals surface area contributed by atoms with E-state index < -0.39 is 5.97 Å². The maximum Gasteiger partial charge on any atom is 0.323 e. The Morgan fingerprint density at radius 1 is 1.30 bits per heavy atom. The number of likely N-dealkylation sites (tertiary alicyclic amines) is 1.